The van der Waals surface area contributed by atoms with Crippen LogP contribution in [0.25, 0.3) is 10.1 Å². The molecule has 1 heterocycles. The van der Waals surface area contributed by atoms with E-state index >= 15 is 0 Å². The second-order valence-corrected chi connectivity index (χ2v) is 3.81. The Morgan fingerprint density at radius 3 is 3.07 bits per heavy atom. The van der Waals surface area contributed by atoms with Crippen molar-refractivity contribution in [2.45, 2.75) is 6.92 Å². The molecule has 1 aromatic carbocycles. The number of esters is 1. The predicted octanol–water partition coefficient (Wildman–Crippen LogP) is 1.77. The Morgan fingerprint density at radius 1 is 1.53 bits per heavy atom. The van der Waals surface area contributed by atoms with Crippen LogP contribution in [0, 0.1) is 0 Å². The number of H-pyrrole nitrogens is 1. The third kappa shape index (κ3) is 1.78. The lowest BCUT2D eigenvalue weighted by molar-refractivity contribution is 0.0526. The van der Waals surface area contributed by atoms with Crippen LogP contribution in [0.1, 0.15) is 17.3 Å². The predicted molar refractivity (Wildman–Crippen MR) is 58.4 cm³/mol. The minimum atomic E-state index is -0.361. The highest BCUT2D eigenvalue weighted by molar-refractivity contribution is 7.13. The molecule has 0 aliphatic carbocycles. The van der Waals surface area contributed by atoms with E-state index in [0.717, 1.165) is 4.70 Å². The Hall–Kier alpha value is -1.62. The summed E-state index contributed by atoms with van der Waals surface area (Å²) in [5, 5.41) is 0.605. The molecule has 15 heavy (non-hydrogen) atoms. The molecule has 5 heteroatoms. The van der Waals surface area contributed by atoms with Crippen LogP contribution in [0.2, 0.25) is 0 Å². The molecule has 1 N–H and O–H groups in total. The van der Waals surface area contributed by atoms with E-state index in [1.165, 1.54) is 11.5 Å². The first-order chi connectivity index (χ1) is 7.22. The van der Waals surface area contributed by atoms with Crippen LogP contribution in [0.15, 0.2) is 23.0 Å². The maximum atomic E-state index is 11.4. The van der Waals surface area contributed by atoms with Gasteiger partial charge in [-0.25, -0.2) is 4.79 Å². The molecule has 0 unspecified atom stereocenters. The number of fused-ring (bicyclic) bond motifs is 1. The highest BCUT2D eigenvalue weighted by Gasteiger charge is 2.08. The molecule has 0 aliphatic heterocycles. The molecule has 0 radical (unpaired) electrons. The molecule has 0 atom stereocenters. The van der Waals surface area contributed by atoms with Crippen LogP contribution < -0.4 is 5.56 Å². The van der Waals surface area contributed by atoms with Gasteiger partial charge in [0.05, 0.1) is 22.3 Å². The first-order valence-corrected chi connectivity index (χ1v) is 5.32. The molecule has 4 nitrogen and oxygen atoms in total. The Bertz CT molecular complexity index is 555. The molecule has 0 saturated heterocycles. The van der Waals surface area contributed by atoms with Crippen molar-refractivity contribution in [3.63, 3.8) is 0 Å². The van der Waals surface area contributed by atoms with Crippen molar-refractivity contribution >= 4 is 27.6 Å². The fraction of sp³-hybridized carbons (Fsp3) is 0.200. The minimum absolute atomic E-state index is 0.120. The van der Waals surface area contributed by atoms with Gasteiger partial charge in [0.15, 0.2) is 0 Å². The highest BCUT2D eigenvalue weighted by atomic mass is 32.1. The van der Waals surface area contributed by atoms with Gasteiger partial charge < -0.3 is 4.74 Å². The van der Waals surface area contributed by atoms with Gasteiger partial charge in [0.2, 0.25) is 0 Å². The second kappa shape index (κ2) is 3.86. The quantitative estimate of drug-likeness (QED) is 0.789. The maximum absolute atomic E-state index is 11.4. The van der Waals surface area contributed by atoms with Gasteiger partial charge >= 0.3 is 5.97 Å². The van der Waals surface area contributed by atoms with Crippen molar-refractivity contribution in [3.8, 4) is 0 Å². The fourth-order valence-electron chi connectivity index (χ4n) is 1.29. The summed E-state index contributed by atoms with van der Waals surface area (Å²) in [6.45, 7) is 2.10. The molecule has 1 aromatic heterocycles. The van der Waals surface area contributed by atoms with Gasteiger partial charge in [-0.15, -0.1) is 0 Å². The Balaban J connectivity index is 2.47. The van der Waals surface area contributed by atoms with Crippen LogP contribution in [-0.2, 0) is 4.74 Å². The lowest BCUT2D eigenvalue weighted by Gasteiger charge is -2.00. The van der Waals surface area contributed by atoms with Crippen molar-refractivity contribution in [2.75, 3.05) is 6.61 Å². The average molecular weight is 223 g/mol. The molecule has 0 bridgehead atoms. The van der Waals surface area contributed by atoms with Crippen molar-refractivity contribution in [1.29, 1.82) is 0 Å². The van der Waals surface area contributed by atoms with Crippen molar-refractivity contribution in [1.82, 2.24) is 4.37 Å². The van der Waals surface area contributed by atoms with Crippen LogP contribution in [0.5, 0.6) is 0 Å². The van der Waals surface area contributed by atoms with Crippen molar-refractivity contribution in [2.24, 2.45) is 0 Å². The first-order valence-electron chi connectivity index (χ1n) is 4.50. The maximum Gasteiger partial charge on any atom is 0.338 e. The highest BCUT2D eigenvalue weighted by Crippen LogP contribution is 2.16. The van der Waals surface area contributed by atoms with Crippen LogP contribution >= 0.6 is 11.5 Å². The molecule has 0 fully saturated rings. The number of ether oxygens (including phenoxy) is 1. The van der Waals surface area contributed by atoms with Gasteiger partial charge in [-0.3, -0.25) is 9.17 Å². The van der Waals surface area contributed by atoms with Crippen molar-refractivity contribution in [3.05, 3.63) is 34.1 Å². The number of aromatic amines is 1. The third-order valence-corrected chi connectivity index (χ3v) is 2.84. The molecular formula is C10H9NO3S. The number of benzene rings is 1. The number of hydrogen-bond donors (Lipinski definition) is 1. The summed E-state index contributed by atoms with van der Waals surface area (Å²) in [4.78, 5) is 22.6. The molecule has 0 saturated carbocycles. The van der Waals surface area contributed by atoms with E-state index in [2.05, 4.69) is 4.37 Å². The van der Waals surface area contributed by atoms with E-state index in [1.807, 2.05) is 0 Å². The Kier molecular flexibility index (Phi) is 2.55. The Labute approximate surface area is 89.6 Å². The number of rotatable bonds is 2. The van der Waals surface area contributed by atoms with Crippen LogP contribution in [0.4, 0.5) is 0 Å². The lowest BCUT2D eigenvalue weighted by Crippen LogP contribution is -2.04. The summed E-state index contributed by atoms with van der Waals surface area (Å²) in [6, 6.07) is 4.90. The number of nitrogens with one attached hydrogen (secondary N) is 1. The average Bonchev–Trinajstić information content (AvgIpc) is 2.60. The Morgan fingerprint density at radius 2 is 2.33 bits per heavy atom. The van der Waals surface area contributed by atoms with E-state index < -0.39 is 0 Å². The molecule has 2 rings (SSSR count). The first kappa shape index (κ1) is 9.92. The summed E-state index contributed by atoms with van der Waals surface area (Å²) < 4.78 is 8.24. The van der Waals surface area contributed by atoms with Gasteiger partial charge in [0, 0.05) is 0 Å². The standard InChI is InChI=1S/C10H9NO3S/c1-2-14-10(13)6-3-4-7-8(5-6)15-11-9(7)12/h3-5H,2H2,1H3,(H,11,12). The van der Waals surface area contributed by atoms with Crippen LogP contribution in [-0.4, -0.2) is 16.9 Å². The number of aromatic nitrogens is 1. The smallest absolute Gasteiger partial charge is 0.338 e. The van der Waals surface area contributed by atoms with E-state index in [1.54, 1.807) is 25.1 Å². The summed E-state index contributed by atoms with van der Waals surface area (Å²) in [5.41, 5.74) is 0.352. The molecule has 2 aromatic rings. The monoisotopic (exact) mass is 223 g/mol. The summed E-state index contributed by atoms with van der Waals surface area (Å²) in [6.07, 6.45) is 0. The zero-order valence-corrected chi connectivity index (χ0v) is 8.89. The SMILES string of the molecule is CCOC(=O)c1ccc2c(=O)[nH]sc2c1. The van der Waals surface area contributed by atoms with E-state index in [0.29, 0.717) is 17.6 Å². The topological polar surface area (TPSA) is 59.2 Å². The fourth-order valence-corrected chi connectivity index (χ4v) is 2.06. The molecular weight excluding hydrogens is 214 g/mol. The summed E-state index contributed by atoms with van der Waals surface area (Å²) in [5.74, 6) is -0.361. The van der Waals surface area contributed by atoms with E-state index in [-0.39, 0.29) is 11.5 Å². The molecule has 0 aliphatic rings. The van der Waals surface area contributed by atoms with Gasteiger partial charge in [0.25, 0.3) is 5.56 Å². The van der Waals surface area contributed by atoms with Gasteiger partial charge in [-0.05, 0) is 25.1 Å². The number of hydrogen-bond acceptors (Lipinski definition) is 4. The van der Waals surface area contributed by atoms with Gasteiger partial charge in [-0.2, -0.15) is 0 Å². The number of carbonyl (C=O) groups excluding carboxylic acids is 1. The van der Waals surface area contributed by atoms with E-state index in [9.17, 15) is 9.59 Å². The zero-order valence-electron chi connectivity index (χ0n) is 8.07. The van der Waals surface area contributed by atoms with E-state index in [4.69, 9.17) is 4.74 Å². The third-order valence-electron chi connectivity index (χ3n) is 1.99. The van der Waals surface area contributed by atoms with Crippen molar-refractivity contribution < 1.29 is 9.53 Å². The minimum Gasteiger partial charge on any atom is -0.462 e. The summed E-state index contributed by atoms with van der Waals surface area (Å²) >= 11 is 1.22. The largest absolute Gasteiger partial charge is 0.462 e. The lowest BCUT2D eigenvalue weighted by atomic mass is 10.2. The molecule has 0 amide bonds. The number of carbonyl (C=O) groups is 1. The normalized spacial score (nSPS) is 10.5. The zero-order chi connectivity index (χ0) is 10.8. The van der Waals surface area contributed by atoms with Gasteiger partial charge in [0.1, 0.15) is 0 Å². The summed E-state index contributed by atoms with van der Waals surface area (Å²) in [7, 11) is 0. The van der Waals surface area contributed by atoms with Crippen LogP contribution in [0.3, 0.4) is 0 Å². The van der Waals surface area contributed by atoms with Gasteiger partial charge in [-0.1, -0.05) is 11.5 Å². The molecule has 78 valence electrons. The second-order valence-electron chi connectivity index (χ2n) is 2.96. The molecule has 0 spiro atoms.